The molecule has 0 aliphatic heterocycles. The Morgan fingerprint density at radius 3 is 0.913 bits per heavy atom. The van der Waals surface area contributed by atoms with Gasteiger partial charge in [-0.3, -0.25) is 14.7 Å². The molecule has 0 heterocycles. The van der Waals surface area contributed by atoms with Gasteiger partial charge >= 0.3 is 51.0 Å². The lowest BCUT2D eigenvalue weighted by Gasteiger charge is -2.10. The van der Waals surface area contributed by atoms with Crippen LogP contribution in [0, 0.1) is 0 Å². The minimum absolute atomic E-state index is 0. The summed E-state index contributed by atoms with van der Waals surface area (Å²) in [5.74, 6) is -12.3. The van der Waals surface area contributed by atoms with E-state index in [0.717, 1.165) is 0 Å². The molecule has 0 saturated carbocycles. The highest BCUT2D eigenvalue weighted by Crippen LogP contribution is 1.99. The van der Waals surface area contributed by atoms with Gasteiger partial charge in [-0.25, -0.2) is 28.8 Å². The van der Waals surface area contributed by atoms with Gasteiger partial charge in [-0.15, -0.1) is 0 Å². The van der Waals surface area contributed by atoms with E-state index in [9.17, 15) is 28.8 Å². The molecule has 5 N–H and O–H groups in total. The van der Waals surface area contributed by atoms with E-state index in [-0.39, 0.29) is 5.48 Å². The Morgan fingerprint density at radius 1 is 0.522 bits per heavy atom. The molecule has 23 heavy (non-hydrogen) atoms. The predicted octanol–water partition coefficient (Wildman–Crippen LogP) is -4.18. The molecule has 0 saturated heterocycles. The third-order valence-corrected chi connectivity index (χ3v) is 2.58. The Bertz CT molecular complexity index is 423. The van der Waals surface area contributed by atoms with E-state index in [4.69, 9.17) is 15.8 Å². The summed E-state index contributed by atoms with van der Waals surface area (Å²) in [6.45, 7) is 0. The summed E-state index contributed by atoms with van der Waals surface area (Å²) in [7, 11) is 0. The third kappa shape index (κ3) is 7.67. The van der Waals surface area contributed by atoms with Gasteiger partial charge in [0.15, 0.2) is 0 Å². The first-order valence-corrected chi connectivity index (χ1v) is 5.87. The maximum Gasteiger partial charge on any atom is 1.20 e. The van der Waals surface area contributed by atoms with Crippen LogP contribution in [0.5, 0.6) is 0 Å². The van der Waals surface area contributed by atoms with Crippen molar-refractivity contribution in [3.8, 4) is 0 Å². The molecule has 0 aromatic rings. The van der Waals surface area contributed by atoms with Crippen molar-refractivity contribution in [3.63, 3.8) is 0 Å². The summed E-state index contributed by atoms with van der Waals surface area (Å²) in [6.07, 6.45) is 0. The molecule has 0 radical (unpaired) electrons. The lowest BCUT2D eigenvalue weighted by Crippen LogP contribution is -2.40. The molecular formula is C6H5AlO16. The van der Waals surface area contributed by atoms with Crippen LogP contribution in [-0.4, -0.2) is 72.2 Å². The second-order valence-electron chi connectivity index (χ2n) is 2.64. The number of hydrogen-bond donors (Lipinski definition) is 3. The van der Waals surface area contributed by atoms with Gasteiger partial charge in [0.25, 0.3) is 0 Å². The van der Waals surface area contributed by atoms with Crippen molar-refractivity contribution in [1.82, 2.24) is 0 Å². The molecule has 17 heteroatoms. The first-order chi connectivity index (χ1) is 10.3. The fraction of sp³-hybridized carbons (Fsp3) is 0. The molecule has 0 aromatic carbocycles. The van der Waals surface area contributed by atoms with Crippen molar-refractivity contribution in [3.05, 3.63) is 0 Å². The topological polar surface area (TPSA) is 250 Å². The number of rotatable bonds is 3. The average molecular weight is 360 g/mol. The smallest absolute Gasteiger partial charge is 0.542 e. The molecule has 0 atom stereocenters. The highest BCUT2D eigenvalue weighted by Gasteiger charge is 2.53. The Kier molecular flexibility index (Phi) is 10.6. The molecule has 0 amide bonds. The Morgan fingerprint density at radius 2 is 0.739 bits per heavy atom. The number of carbonyl (C=O) groups is 6. The fourth-order valence-corrected chi connectivity index (χ4v) is 1.55. The summed E-state index contributed by atoms with van der Waals surface area (Å²) in [6, 6.07) is 0. The van der Waals surface area contributed by atoms with E-state index in [1.165, 1.54) is 0 Å². The van der Waals surface area contributed by atoms with Crippen LogP contribution >= 0.6 is 0 Å². The van der Waals surface area contributed by atoms with Gasteiger partial charge in [0.2, 0.25) is 0 Å². The summed E-state index contributed by atoms with van der Waals surface area (Å²) in [5.41, 5.74) is 0. The van der Waals surface area contributed by atoms with Gasteiger partial charge in [-0.05, 0) is 0 Å². The Hall–Kier alpha value is -2.81. The van der Waals surface area contributed by atoms with Gasteiger partial charge in [0.05, 0.1) is 0 Å². The highest BCUT2D eigenvalue weighted by atomic mass is 27.3. The van der Waals surface area contributed by atoms with Crippen molar-refractivity contribution in [2.75, 3.05) is 0 Å². The SMILES string of the molecule is O.O=C(OO)C(=O)[O][Al]([O]C(=O)C(=O)OO)[O]C(=O)C(=O)OO. The van der Waals surface area contributed by atoms with Crippen LogP contribution in [0.4, 0.5) is 0 Å². The van der Waals surface area contributed by atoms with Crippen molar-refractivity contribution >= 4 is 51.0 Å². The number of carbonyl (C=O) groups excluding carboxylic acids is 6. The molecule has 0 aliphatic carbocycles. The van der Waals surface area contributed by atoms with E-state index in [1.807, 2.05) is 0 Å². The zero-order valence-corrected chi connectivity index (χ0v) is 11.5. The molecular weight excluding hydrogens is 355 g/mol. The van der Waals surface area contributed by atoms with Gasteiger partial charge < -0.3 is 16.8 Å². The first kappa shape index (κ1) is 22.5. The largest absolute Gasteiger partial charge is 1.20 e. The van der Waals surface area contributed by atoms with Crippen molar-refractivity contribution in [2.45, 2.75) is 0 Å². The summed E-state index contributed by atoms with van der Waals surface area (Å²) >= 11 is -4.40. The van der Waals surface area contributed by atoms with Crippen LogP contribution in [0.1, 0.15) is 0 Å². The van der Waals surface area contributed by atoms with E-state index >= 15 is 0 Å². The monoisotopic (exact) mass is 360 g/mol. The standard InChI is InChI=1S/3C2H2O5.Al.H2O/c3*3-1(4)2(5)7-6;;/h3*6H,(H,3,4);;1H2/q;;;+3;/p-3. The van der Waals surface area contributed by atoms with Crippen LogP contribution in [-0.2, 0) is 54.8 Å². The summed E-state index contributed by atoms with van der Waals surface area (Å²) in [4.78, 5) is 73.0. The molecule has 0 aliphatic rings. The Labute approximate surface area is 128 Å². The van der Waals surface area contributed by atoms with Crippen LogP contribution < -0.4 is 0 Å². The zero-order chi connectivity index (χ0) is 17.3. The maximum atomic E-state index is 10.9. The van der Waals surface area contributed by atoms with Gasteiger partial charge in [0.1, 0.15) is 0 Å². The fourth-order valence-electron chi connectivity index (χ4n) is 0.590. The highest BCUT2D eigenvalue weighted by molar-refractivity contribution is 6.53. The van der Waals surface area contributed by atoms with Gasteiger partial charge in [-0.1, -0.05) is 0 Å². The van der Waals surface area contributed by atoms with Crippen LogP contribution in [0.3, 0.4) is 0 Å². The molecule has 0 rings (SSSR count). The second kappa shape index (κ2) is 10.9. The minimum Gasteiger partial charge on any atom is -0.542 e. The molecule has 0 fully saturated rings. The van der Waals surface area contributed by atoms with E-state index in [2.05, 4.69) is 26.0 Å². The summed E-state index contributed by atoms with van der Waals surface area (Å²) < 4.78 is 11.8. The molecule has 16 nitrogen and oxygen atoms in total. The van der Waals surface area contributed by atoms with Crippen molar-refractivity contribution in [1.29, 1.82) is 0 Å². The molecule has 0 bridgehead atoms. The van der Waals surface area contributed by atoms with E-state index in [0.29, 0.717) is 0 Å². The summed E-state index contributed by atoms with van der Waals surface area (Å²) in [5, 5.41) is 23.6. The molecule has 0 aromatic heterocycles. The van der Waals surface area contributed by atoms with Gasteiger partial charge in [0, 0.05) is 0 Å². The average Bonchev–Trinajstić information content (AvgIpc) is 2.51. The molecule has 0 spiro atoms. The Balaban J connectivity index is 0. The maximum absolute atomic E-state index is 10.9. The first-order valence-electron chi connectivity index (χ1n) is 4.45. The van der Waals surface area contributed by atoms with Crippen LogP contribution in [0.25, 0.3) is 0 Å². The van der Waals surface area contributed by atoms with Crippen molar-refractivity contribution < 1.29 is 76.0 Å². The zero-order valence-electron chi connectivity index (χ0n) is 10.3. The minimum atomic E-state index is -4.40. The van der Waals surface area contributed by atoms with Crippen molar-refractivity contribution in [2.24, 2.45) is 0 Å². The van der Waals surface area contributed by atoms with E-state index in [1.54, 1.807) is 0 Å². The van der Waals surface area contributed by atoms with Crippen LogP contribution in [0.15, 0.2) is 0 Å². The van der Waals surface area contributed by atoms with Crippen LogP contribution in [0.2, 0.25) is 0 Å². The lowest BCUT2D eigenvalue weighted by molar-refractivity contribution is -0.238. The quantitative estimate of drug-likeness (QED) is 0.142. The second-order valence-corrected chi connectivity index (χ2v) is 3.93. The molecule has 0 unspecified atom stereocenters. The predicted molar refractivity (Wildman–Crippen MR) is 53.8 cm³/mol. The van der Waals surface area contributed by atoms with Gasteiger partial charge in [-0.2, -0.15) is 15.8 Å². The third-order valence-electron chi connectivity index (χ3n) is 1.36. The lowest BCUT2D eigenvalue weighted by atomic mass is 10.7. The van der Waals surface area contributed by atoms with E-state index < -0.39 is 51.0 Å². The molecule has 128 valence electrons. The normalized spacial score (nSPS) is 8.48. The number of hydrogen-bond acceptors (Lipinski definition) is 15.